The SMILES string of the molecule is C[C@H](CCC(=O)CCC[C@@H](CCO[Si](C)(C)C(C)(C)C)O[Si](C)(C)C(C)(C)C)O[Si](C)(C)C(C)(C)C. The Kier molecular flexibility index (Phi) is 13.6. The van der Waals surface area contributed by atoms with Gasteiger partial charge in [0.1, 0.15) is 5.78 Å². The minimum absolute atomic E-state index is 0.136. The minimum Gasteiger partial charge on any atom is -0.417 e. The molecule has 7 heteroatoms. The van der Waals surface area contributed by atoms with Crippen LogP contribution in [0.25, 0.3) is 0 Å². The van der Waals surface area contributed by atoms with Gasteiger partial charge in [-0.15, -0.1) is 0 Å². The highest BCUT2D eigenvalue weighted by atomic mass is 28.4. The van der Waals surface area contributed by atoms with Gasteiger partial charge in [0.2, 0.25) is 0 Å². The van der Waals surface area contributed by atoms with Gasteiger partial charge in [0.25, 0.3) is 0 Å². The van der Waals surface area contributed by atoms with Crippen molar-refractivity contribution >= 4 is 30.7 Å². The van der Waals surface area contributed by atoms with Gasteiger partial charge in [-0.05, 0) is 87.0 Å². The van der Waals surface area contributed by atoms with E-state index in [-0.39, 0.29) is 27.3 Å². The Morgan fingerprint density at radius 1 is 0.639 bits per heavy atom. The molecular weight excluding hydrogens is 497 g/mol. The summed E-state index contributed by atoms with van der Waals surface area (Å²) in [5.74, 6) is 0.351. The van der Waals surface area contributed by atoms with Crippen LogP contribution in [0.5, 0.6) is 0 Å². The Labute approximate surface area is 229 Å². The molecule has 0 aromatic carbocycles. The van der Waals surface area contributed by atoms with E-state index in [2.05, 4.69) is 109 Å². The molecule has 0 heterocycles. The van der Waals surface area contributed by atoms with Gasteiger partial charge < -0.3 is 13.3 Å². The van der Waals surface area contributed by atoms with Crippen LogP contribution in [0.4, 0.5) is 0 Å². The van der Waals surface area contributed by atoms with Gasteiger partial charge in [-0.25, -0.2) is 0 Å². The Bertz CT molecular complexity index is 667. The van der Waals surface area contributed by atoms with Crippen molar-refractivity contribution in [1.82, 2.24) is 0 Å². The number of carbonyl (C=O) groups is 1. The molecule has 0 bridgehead atoms. The highest BCUT2D eigenvalue weighted by Gasteiger charge is 2.40. The molecule has 0 saturated heterocycles. The van der Waals surface area contributed by atoms with Gasteiger partial charge in [-0.3, -0.25) is 4.79 Å². The summed E-state index contributed by atoms with van der Waals surface area (Å²) in [6.45, 7) is 37.2. The van der Waals surface area contributed by atoms with E-state index in [1.807, 2.05) is 0 Å². The van der Waals surface area contributed by atoms with E-state index in [0.717, 1.165) is 32.3 Å². The summed E-state index contributed by atoms with van der Waals surface area (Å²) in [4.78, 5) is 12.7. The van der Waals surface area contributed by atoms with E-state index in [9.17, 15) is 4.79 Å². The molecule has 0 spiro atoms. The Morgan fingerprint density at radius 2 is 1.08 bits per heavy atom. The van der Waals surface area contributed by atoms with Crippen molar-refractivity contribution in [2.75, 3.05) is 6.61 Å². The molecule has 0 unspecified atom stereocenters. The van der Waals surface area contributed by atoms with Gasteiger partial charge in [-0.1, -0.05) is 62.3 Å². The molecule has 0 radical (unpaired) electrons. The third-order valence-corrected chi connectivity index (χ3v) is 22.8. The van der Waals surface area contributed by atoms with Crippen LogP contribution in [0.3, 0.4) is 0 Å². The molecule has 2 atom stereocenters. The lowest BCUT2D eigenvalue weighted by Crippen LogP contribution is -2.45. The van der Waals surface area contributed by atoms with Gasteiger partial charge >= 0.3 is 0 Å². The topological polar surface area (TPSA) is 44.8 Å². The quantitative estimate of drug-likeness (QED) is 0.187. The van der Waals surface area contributed by atoms with Crippen LogP contribution in [0.15, 0.2) is 0 Å². The van der Waals surface area contributed by atoms with Crippen LogP contribution >= 0.6 is 0 Å². The second-order valence-corrected chi connectivity index (χ2v) is 29.9. The smallest absolute Gasteiger partial charge is 0.192 e. The Hall–Kier alpha value is 0.201. The molecule has 0 aromatic rings. The van der Waals surface area contributed by atoms with Crippen molar-refractivity contribution in [3.8, 4) is 0 Å². The van der Waals surface area contributed by atoms with Gasteiger partial charge in [0, 0.05) is 31.7 Å². The fourth-order valence-corrected chi connectivity index (χ4v) is 7.23. The lowest BCUT2D eigenvalue weighted by atomic mass is 10.0. The third kappa shape index (κ3) is 12.4. The summed E-state index contributed by atoms with van der Waals surface area (Å²) < 4.78 is 19.7. The molecular formula is C29H64O4Si3. The zero-order chi connectivity index (χ0) is 28.8. The van der Waals surface area contributed by atoms with Gasteiger partial charge in [-0.2, -0.15) is 0 Å². The number of rotatable bonds is 15. The van der Waals surface area contributed by atoms with Crippen molar-refractivity contribution in [1.29, 1.82) is 0 Å². The number of Topliss-reactive ketones (excluding diaryl/α,β-unsaturated/α-hetero) is 1. The van der Waals surface area contributed by atoms with Crippen molar-refractivity contribution in [3.63, 3.8) is 0 Å². The average molecular weight is 561 g/mol. The van der Waals surface area contributed by atoms with Gasteiger partial charge in [0.15, 0.2) is 25.0 Å². The van der Waals surface area contributed by atoms with E-state index in [1.165, 1.54) is 0 Å². The molecule has 0 rings (SSSR count). The maximum Gasteiger partial charge on any atom is 0.192 e. The minimum atomic E-state index is -1.89. The number of carbonyl (C=O) groups excluding carboxylic acids is 1. The standard InChI is InChI=1S/C29H64O4Si3/c1-24(32-35(13,14)28(5,6)7)20-21-25(30)18-17-19-26(33-36(15,16)29(8,9)10)22-23-31-34(11,12)27(2,3)4/h24,26H,17-23H2,1-16H3/t24-,26+/m1/s1. The number of ketones is 1. The third-order valence-electron chi connectivity index (χ3n) is 9.09. The molecule has 0 aliphatic heterocycles. The summed E-state index contributed by atoms with van der Waals surface area (Å²) in [7, 11) is -5.45. The van der Waals surface area contributed by atoms with Crippen LogP contribution in [0, 0.1) is 0 Å². The maximum absolute atomic E-state index is 12.7. The number of hydrogen-bond donors (Lipinski definition) is 0. The Balaban J connectivity index is 4.89. The highest BCUT2D eigenvalue weighted by molar-refractivity contribution is 6.75. The van der Waals surface area contributed by atoms with Crippen LogP contribution in [0.2, 0.25) is 54.4 Å². The fraction of sp³-hybridized carbons (Fsp3) is 0.966. The van der Waals surface area contributed by atoms with Crippen LogP contribution in [0.1, 0.15) is 108 Å². The molecule has 0 N–H and O–H groups in total. The molecule has 0 aliphatic rings. The molecule has 0 amide bonds. The van der Waals surface area contributed by atoms with E-state index < -0.39 is 25.0 Å². The van der Waals surface area contributed by atoms with Crippen LogP contribution in [-0.2, 0) is 18.1 Å². The molecule has 0 fully saturated rings. The maximum atomic E-state index is 12.7. The molecule has 0 aromatic heterocycles. The van der Waals surface area contributed by atoms with Crippen molar-refractivity contribution < 1.29 is 18.1 Å². The summed E-state index contributed by atoms with van der Waals surface area (Å²) >= 11 is 0. The van der Waals surface area contributed by atoms with E-state index in [4.69, 9.17) is 13.3 Å². The van der Waals surface area contributed by atoms with Crippen molar-refractivity contribution in [3.05, 3.63) is 0 Å². The van der Waals surface area contributed by atoms with Gasteiger partial charge in [0.05, 0.1) is 0 Å². The zero-order valence-electron chi connectivity index (χ0n) is 27.2. The van der Waals surface area contributed by atoms with Crippen LogP contribution < -0.4 is 0 Å². The second-order valence-electron chi connectivity index (χ2n) is 15.6. The summed E-state index contributed by atoms with van der Waals surface area (Å²) in [5, 5.41) is 0.570. The average Bonchev–Trinajstić information content (AvgIpc) is 2.62. The first-order valence-corrected chi connectivity index (χ1v) is 23.1. The molecule has 4 nitrogen and oxygen atoms in total. The fourth-order valence-electron chi connectivity index (χ4n) is 3.27. The first kappa shape index (κ1) is 36.2. The Morgan fingerprint density at radius 3 is 1.53 bits per heavy atom. The monoisotopic (exact) mass is 560 g/mol. The first-order valence-electron chi connectivity index (χ1n) is 14.3. The molecule has 0 saturated carbocycles. The predicted molar refractivity (Wildman–Crippen MR) is 166 cm³/mol. The summed E-state index contributed by atoms with van der Waals surface area (Å²) in [5.41, 5.74) is 0. The van der Waals surface area contributed by atoms with Crippen molar-refractivity contribution in [2.24, 2.45) is 0 Å². The summed E-state index contributed by atoms with van der Waals surface area (Å²) in [6, 6.07) is 0. The molecule has 216 valence electrons. The second kappa shape index (κ2) is 13.5. The van der Waals surface area contributed by atoms with E-state index >= 15 is 0 Å². The predicted octanol–water partition coefficient (Wildman–Crippen LogP) is 9.72. The van der Waals surface area contributed by atoms with Crippen LogP contribution in [-0.4, -0.2) is 49.6 Å². The largest absolute Gasteiger partial charge is 0.417 e. The molecule has 0 aliphatic carbocycles. The lowest BCUT2D eigenvalue weighted by Gasteiger charge is -2.40. The normalized spacial score (nSPS) is 16.2. The molecule has 36 heavy (non-hydrogen) atoms. The van der Waals surface area contributed by atoms with Crippen molar-refractivity contribution in [2.45, 2.75) is 174 Å². The number of hydrogen-bond acceptors (Lipinski definition) is 4. The lowest BCUT2D eigenvalue weighted by molar-refractivity contribution is -0.119. The first-order chi connectivity index (χ1) is 15.8. The highest BCUT2D eigenvalue weighted by Crippen LogP contribution is 2.40. The zero-order valence-corrected chi connectivity index (χ0v) is 30.2. The summed E-state index contributed by atoms with van der Waals surface area (Å²) in [6.07, 6.45) is 5.07. The van der Waals surface area contributed by atoms with E-state index in [0.29, 0.717) is 18.6 Å². The van der Waals surface area contributed by atoms with E-state index in [1.54, 1.807) is 0 Å².